The van der Waals surface area contributed by atoms with E-state index >= 15 is 0 Å². The summed E-state index contributed by atoms with van der Waals surface area (Å²) >= 11 is 2.73. The molecule has 1 aromatic carbocycles. The molecule has 0 bridgehead atoms. The van der Waals surface area contributed by atoms with Crippen LogP contribution in [0.4, 0.5) is 5.13 Å². The zero-order valence-corrected chi connectivity index (χ0v) is 13.9. The average molecular weight is 346 g/mol. The van der Waals surface area contributed by atoms with Crippen LogP contribution >= 0.6 is 23.1 Å². The van der Waals surface area contributed by atoms with Crippen LogP contribution < -0.4 is 5.32 Å². The van der Waals surface area contributed by atoms with Gasteiger partial charge < -0.3 is 5.32 Å². The summed E-state index contributed by atoms with van der Waals surface area (Å²) in [5, 5.41) is 17.3. The van der Waals surface area contributed by atoms with Gasteiger partial charge in [0.1, 0.15) is 0 Å². The van der Waals surface area contributed by atoms with Gasteiger partial charge in [-0.15, -0.1) is 16.4 Å². The molecule has 9 heteroatoms. The molecule has 3 aromatic rings. The van der Waals surface area contributed by atoms with E-state index in [2.05, 4.69) is 25.8 Å². The number of carbonyl (C=O) groups excluding carboxylic acids is 1. The average Bonchev–Trinajstić information content (AvgIpc) is 3.24. The van der Waals surface area contributed by atoms with Crippen molar-refractivity contribution in [1.29, 1.82) is 0 Å². The molecule has 0 saturated carbocycles. The van der Waals surface area contributed by atoms with Crippen molar-refractivity contribution in [3.8, 4) is 5.69 Å². The van der Waals surface area contributed by atoms with Crippen molar-refractivity contribution in [3.05, 3.63) is 41.9 Å². The number of anilines is 1. The number of carbonyl (C=O) groups is 1. The highest BCUT2D eigenvalue weighted by Gasteiger charge is 2.22. The van der Waals surface area contributed by atoms with Gasteiger partial charge in [-0.1, -0.05) is 36.9 Å². The first-order valence-corrected chi connectivity index (χ1v) is 8.74. The molecule has 1 unspecified atom stereocenters. The van der Waals surface area contributed by atoms with E-state index in [9.17, 15) is 4.79 Å². The number of nitrogens with one attached hydrogen (secondary N) is 1. The molecule has 3 rings (SSSR count). The summed E-state index contributed by atoms with van der Waals surface area (Å²) in [6, 6.07) is 9.58. The SMILES string of the molecule is CCC(Sc1nnnn1-c1ccccc1)C(=O)Nc1nccs1. The molecule has 0 aliphatic rings. The van der Waals surface area contributed by atoms with Crippen LogP contribution in [0.1, 0.15) is 13.3 Å². The Bertz CT molecular complexity index is 759. The second kappa shape index (κ2) is 7.34. The minimum absolute atomic E-state index is 0.102. The van der Waals surface area contributed by atoms with Gasteiger partial charge in [0, 0.05) is 11.6 Å². The number of para-hydroxylation sites is 1. The zero-order chi connectivity index (χ0) is 16.1. The first kappa shape index (κ1) is 15.6. The van der Waals surface area contributed by atoms with E-state index in [-0.39, 0.29) is 11.2 Å². The highest BCUT2D eigenvalue weighted by molar-refractivity contribution is 8.00. The minimum atomic E-state index is -0.299. The Morgan fingerprint density at radius 3 is 2.91 bits per heavy atom. The lowest BCUT2D eigenvalue weighted by atomic mass is 10.3. The van der Waals surface area contributed by atoms with E-state index in [0.29, 0.717) is 16.7 Å². The number of thiazole rings is 1. The Morgan fingerprint density at radius 2 is 2.22 bits per heavy atom. The molecule has 0 fully saturated rings. The molecule has 0 saturated heterocycles. The quantitative estimate of drug-likeness (QED) is 0.691. The topological polar surface area (TPSA) is 85.6 Å². The number of nitrogens with zero attached hydrogens (tertiary/aromatic N) is 5. The number of tetrazole rings is 1. The lowest BCUT2D eigenvalue weighted by molar-refractivity contribution is -0.115. The smallest absolute Gasteiger partial charge is 0.239 e. The summed E-state index contributed by atoms with van der Waals surface area (Å²) in [5.74, 6) is -0.102. The Kier molecular flexibility index (Phi) is 4.99. The molecule has 1 amide bonds. The first-order valence-electron chi connectivity index (χ1n) is 6.98. The number of hydrogen-bond donors (Lipinski definition) is 1. The monoisotopic (exact) mass is 346 g/mol. The normalized spacial score (nSPS) is 12.0. The maximum atomic E-state index is 12.4. The maximum Gasteiger partial charge on any atom is 0.239 e. The van der Waals surface area contributed by atoms with Gasteiger partial charge in [0.05, 0.1) is 10.9 Å². The highest BCUT2D eigenvalue weighted by atomic mass is 32.2. The zero-order valence-electron chi connectivity index (χ0n) is 12.3. The van der Waals surface area contributed by atoms with E-state index in [1.807, 2.05) is 42.6 Å². The highest BCUT2D eigenvalue weighted by Crippen LogP contribution is 2.26. The third kappa shape index (κ3) is 3.74. The summed E-state index contributed by atoms with van der Waals surface area (Å²) in [5.41, 5.74) is 0.857. The molecular weight excluding hydrogens is 332 g/mol. The van der Waals surface area contributed by atoms with Gasteiger partial charge in [0.25, 0.3) is 0 Å². The molecule has 0 aliphatic carbocycles. The Hall–Kier alpha value is -2.26. The van der Waals surface area contributed by atoms with Crippen LogP contribution in [0.2, 0.25) is 0 Å². The lowest BCUT2D eigenvalue weighted by Gasteiger charge is -2.12. The van der Waals surface area contributed by atoms with Crippen LogP contribution in [-0.2, 0) is 4.79 Å². The summed E-state index contributed by atoms with van der Waals surface area (Å²) in [7, 11) is 0. The number of benzene rings is 1. The van der Waals surface area contributed by atoms with Crippen molar-refractivity contribution >= 4 is 34.1 Å². The van der Waals surface area contributed by atoms with Gasteiger partial charge in [0.15, 0.2) is 5.13 Å². The second-order valence-corrected chi connectivity index (χ2v) is 6.61. The van der Waals surface area contributed by atoms with Crippen molar-refractivity contribution < 1.29 is 4.79 Å². The summed E-state index contributed by atoms with van der Waals surface area (Å²) in [6.07, 6.45) is 2.31. The standard InChI is InChI=1S/C14H14N6OS2/c1-2-11(12(21)16-13-15-8-9-22-13)23-14-17-18-19-20(14)10-6-4-3-5-7-10/h3-9,11H,2H2,1H3,(H,15,16,21). The van der Waals surface area contributed by atoms with E-state index in [1.54, 1.807) is 10.9 Å². The third-order valence-corrected chi connectivity index (χ3v) is 5.00. The molecule has 0 aliphatic heterocycles. The van der Waals surface area contributed by atoms with Crippen molar-refractivity contribution in [3.63, 3.8) is 0 Å². The van der Waals surface area contributed by atoms with Gasteiger partial charge in [0.2, 0.25) is 11.1 Å². The summed E-state index contributed by atoms with van der Waals surface area (Å²) < 4.78 is 1.63. The molecule has 1 N–H and O–H groups in total. The molecule has 1 atom stereocenters. The van der Waals surface area contributed by atoms with E-state index in [0.717, 1.165) is 5.69 Å². The van der Waals surface area contributed by atoms with Crippen LogP contribution in [0.5, 0.6) is 0 Å². The third-order valence-electron chi connectivity index (χ3n) is 3.02. The van der Waals surface area contributed by atoms with E-state index in [1.165, 1.54) is 23.1 Å². The van der Waals surface area contributed by atoms with Crippen molar-refractivity contribution in [1.82, 2.24) is 25.2 Å². The van der Waals surface area contributed by atoms with E-state index in [4.69, 9.17) is 0 Å². The van der Waals surface area contributed by atoms with Gasteiger partial charge in [-0.2, -0.15) is 4.68 Å². The molecular formula is C14H14N6OS2. The number of amides is 1. The molecule has 2 aromatic heterocycles. The second-order valence-electron chi connectivity index (χ2n) is 4.55. The predicted octanol–water partition coefficient (Wildman–Crippen LogP) is 2.63. The van der Waals surface area contributed by atoms with Crippen LogP contribution in [0, 0.1) is 0 Å². The predicted molar refractivity (Wildman–Crippen MR) is 89.8 cm³/mol. The van der Waals surface area contributed by atoms with Gasteiger partial charge in [-0.3, -0.25) is 4.79 Å². The summed E-state index contributed by atoms with van der Waals surface area (Å²) in [6.45, 7) is 1.95. The molecule has 23 heavy (non-hydrogen) atoms. The fourth-order valence-electron chi connectivity index (χ4n) is 1.90. The Morgan fingerprint density at radius 1 is 1.39 bits per heavy atom. The van der Waals surface area contributed by atoms with Gasteiger partial charge in [-0.25, -0.2) is 4.98 Å². The van der Waals surface area contributed by atoms with Crippen molar-refractivity contribution in [2.75, 3.05) is 5.32 Å². The van der Waals surface area contributed by atoms with Gasteiger partial charge in [-0.05, 0) is 29.0 Å². The fraction of sp³-hybridized carbons (Fsp3) is 0.214. The van der Waals surface area contributed by atoms with Crippen LogP contribution in [0.15, 0.2) is 47.1 Å². The number of hydrogen-bond acceptors (Lipinski definition) is 7. The van der Waals surface area contributed by atoms with Crippen LogP contribution in [0.3, 0.4) is 0 Å². The molecule has 0 spiro atoms. The number of thioether (sulfide) groups is 1. The van der Waals surface area contributed by atoms with E-state index < -0.39 is 0 Å². The molecule has 0 radical (unpaired) electrons. The molecule has 7 nitrogen and oxygen atoms in total. The molecule has 118 valence electrons. The fourth-order valence-corrected chi connectivity index (χ4v) is 3.35. The Balaban J connectivity index is 1.75. The minimum Gasteiger partial charge on any atom is -0.301 e. The maximum absolute atomic E-state index is 12.4. The van der Waals surface area contributed by atoms with Crippen molar-refractivity contribution in [2.45, 2.75) is 23.8 Å². The van der Waals surface area contributed by atoms with Crippen LogP contribution in [-0.4, -0.2) is 36.3 Å². The number of rotatable bonds is 6. The number of aromatic nitrogens is 5. The lowest BCUT2D eigenvalue weighted by Crippen LogP contribution is -2.25. The molecule has 2 heterocycles. The van der Waals surface area contributed by atoms with Crippen LogP contribution in [0.25, 0.3) is 5.69 Å². The first-order chi connectivity index (χ1) is 11.3. The largest absolute Gasteiger partial charge is 0.301 e. The summed E-state index contributed by atoms with van der Waals surface area (Å²) in [4.78, 5) is 16.4. The Labute approximate surface area is 141 Å². The van der Waals surface area contributed by atoms with Crippen molar-refractivity contribution in [2.24, 2.45) is 0 Å². The van der Waals surface area contributed by atoms with Gasteiger partial charge >= 0.3 is 0 Å².